The van der Waals surface area contributed by atoms with Crippen LogP contribution in [0, 0.1) is 0 Å². The molecular formula is C36H32Cl2N12O3. The molecule has 6 aromatic heterocycles. The van der Waals surface area contributed by atoms with E-state index in [2.05, 4.69) is 45.4 Å². The first-order valence-electron chi connectivity index (χ1n) is 16.9. The number of hydrogen-bond donors (Lipinski definition) is 2. The van der Waals surface area contributed by atoms with Crippen molar-refractivity contribution >= 4 is 63.7 Å². The molecule has 0 saturated carbocycles. The van der Waals surface area contributed by atoms with Crippen LogP contribution < -0.4 is 36.7 Å². The average molecular weight is 752 g/mol. The van der Waals surface area contributed by atoms with Crippen LogP contribution in [0.25, 0.3) is 11.5 Å². The van der Waals surface area contributed by atoms with E-state index < -0.39 is 11.4 Å². The molecule has 53 heavy (non-hydrogen) atoms. The summed E-state index contributed by atoms with van der Waals surface area (Å²) in [7, 11) is 0. The fourth-order valence-electron chi connectivity index (χ4n) is 6.84. The summed E-state index contributed by atoms with van der Waals surface area (Å²) in [6, 6.07) is 23.4. The third-order valence-electron chi connectivity index (χ3n) is 9.26. The van der Waals surface area contributed by atoms with E-state index >= 15 is 0 Å². The second-order valence-electron chi connectivity index (χ2n) is 12.6. The molecule has 0 aromatic carbocycles. The van der Waals surface area contributed by atoms with Crippen LogP contribution in [0.15, 0.2) is 107 Å². The quantitative estimate of drug-likeness (QED) is 0.236. The molecule has 10 rings (SSSR count). The number of aromatic nitrogens is 7. The van der Waals surface area contributed by atoms with Crippen molar-refractivity contribution in [2.24, 2.45) is 0 Å². The fourth-order valence-corrected chi connectivity index (χ4v) is 7.13. The molecule has 15 nitrogen and oxygen atoms in total. The summed E-state index contributed by atoms with van der Waals surface area (Å²) in [6.45, 7) is 3.99. The van der Waals surface area contributed by atoms with Crippen LogP contribution in [0.2, 0.25) is 10.3 Å². The smallest absolute Gasteiger partial charge is 0.359 e. The Labute approximate surface area is 312 Å². The van der Waals surface area contributed by atoms with Crippen molar-refractivity contribution in [3.63, 3.8) is 0 Å². The Balaban J connectivity index is 0.000000117. The summed E-state index contributed by atoms with van der Waals surface area (Å²) in [5.41, 5.74) is 1.35. The van der Waals surface area contributed by atoms with Gasteiger partial charge in [-0.2, -0.15) is 9.55 Å². The lowest BCUT2D eigenvalue weighted by molar-refractivity contribution is 0.254. The number of anilines is 5. The lowest BCUT2D eigenvalue weighted by Crippen LogP contribution is -2.48. The largest absolute Gasteiger partial charge is 0.366 e. The van der Waals surface area contributed by atoms with Crippen LogP contribution in [0.3, 0.4) is 0 Å². The standard InChI is InChI=1S/C15H14ClN5O.C12H8N4O2.C9H10ClN3/c16-12-5-4-11-14(18-12)21(10-6-8-20(11)9-10)15(22)19-13-3-1-2-7-17-13;17-11-14-10-6-2-4-8-15(10)12(18)16(11)9-5-1-3-7-13-9;10-8-2-1-7-9(12-8)11-6-3-4-13(7)5-6/h1-5,7,10H,6,8-9H2,(H,17,19,22);1-8H;1-2,6H,3-5H2,(H,11,12)/t10-;;6-/m0.0/s1. The number of fused-ring (bicyclic) bond motifs is 9. The number of pyridine rings is 5. The van der Waals surface area contributed by atoms with Gasteiger partial charge in [-0.15, -0.1) is 0 Å². The predicted octanol–water partition coefficient (Wildman–Crippen LogP) is 4.74. The number of carbonyl (C=O) groups is 1. The highest BCUT2D eigenvalue weighted by Gasteiger charge is 2.40. The Morgan fingerprint density at radius 3 is 2.30 bits per heavy atom. The maximum Gasteiger partial charge on any atom is 0.359 e. The number of urea groups is 1. The van der Waals surface area contributed by atoms with Gasteiger partial charge < -0.3 is 15.1 Å². The van der Waals surface area contributed by atoms with E-state index in [1.807, 2.05) is 30.3 Å². The van der Waals surface area contributed by atoms with Gasteiger partial charge in [0.15, 0.2) is 11.6 Å². The zero-order valence-corrected chi connectivity index (χ0v) is 29.6. The number of hydrogen-bond acceptors (Lipinski definition) is 11. The van der Waals surface area contributed by atoms with E-state index in [-0.39, 0.29) is 17.9 Å². The first-order chi connectivity index (χ1) is 25.8. The summed E-state index contributed by atoms with van der Waals surface area (Å²) in [4.78, 5) is 63.7. The Morgan fingerprint density at radius 1 is 0.774 bits per heavy atom. The predicted molar refractivity (Wildman–Crippen MR) is 204 cm³/mol. The van der Waals surface area contributed by atoms with Gasteiger partial charge in [0.2, 0.25) is 0 Å². The average Bonchev–Trinajstić information content (AvgIpc) is 3.77. The maximum absolute atomic E-state index is 12.7. The molecule has 4 aliphatic rings. The molecule has 2 saturated heterocycles. The highest BCUT2D eigenvalue weighted by Crippen LogP contribution is 2.39. The molecule has 0 spiro atoms. The van der Waals surface area contributed by atoms with Gasteiger partial charge in [0.1, 0.15) is 27.6 Å². The van der Waals surface area contributed by atoms with E-state index in [0.717, 1.165) is 48.7 Å². The summed E-state index contributed by atoms with van der Waals surface area (Å²) < 4.78 is 2.24. The second kappa shape index (κ2) is 14.5. The minimum absolute atomic E-state index is 0.113. The number of rotatable bonds is 2. The van der Waals surface area contributed by atoms with Crippen molar-refractivity contribution in [1.29, 1.82) is 0 Å². The number of nitrogens with one attached hydrogen (secondary N) is 2. The van der Waals surface area contributed by atoms with Crippen LogP contribution in [0.1, 0.15) is 12.8 Å². The number of carbonyl (C=O) groups excluding carboxylic acids is 1. The molecule has 4 aliphatic heterocycles. The topological polar surface area (TPSA) is 159 Å². The third-order valence-corrected chi connectivity index (χ3v) is 9.68. The van der Waals surface area contributed by atoms with Crippen LogP contribution in [-0.2, 0) is 0 Å². The van der Waals surface area contributed by atoms with E-state index in [9.17, 15) is 14.4 Å². The van der Waals surface area contributed by atoms with Crippen LogP contribution in [0.4, 0.5) is 33.6 Å². The van der Waals surface area contributed by atoms with Gasteiger partial charge in [0.25, 0.3) is 0 Å². The molecule has 17 heteroatoms. The van der Waals surface area contributed by atoms with Crippen molar-refractivity contribution in [1.82, 2.24) is 33.9 Å². The molecule has 2 N–H and O–H groups in total. The summed E-state index contributed by atoms with van der Waals surface area (Å²) >= 11 is 11.8. The van der Waals surface area contributed by atoms with Gasteiger partial charge >= 0.3 is 17.4 Å². The zero-order valence-electron chi connectivity index (χ0n) is 28.1. The normalized spacial score (nSPS) is 17.4. The highest BCUT2D eigenvalue weighted by atomic mass is 35.5. The van der Waals surface area contributed by atoms with Crippen molar-refractivity contribution in [2.75, 3.05) is 51.5 Å². The van der Waals surface area contributed by atoms with Gasteiger partial charge in [-0.05, 0) is 73.5 Å². The molecule has 10 heterocycles. The van der Waals surface area contributed by atoms with Crippen LogP contribution in [-0.4, -0.2) is 78.2 Å². The molecule has 268 valence electrons. The van der Waals surface area contributed by atoms with Crippen molar-refractivity contribution < 1.29 is 4.79 Å². The SMILES string of the molecule is Clc1ccc2c(n1)N[C@H]1CCN2C1.O=C(Nc1ccccn1)N1c2nc(Cl)ccc2N2CC[C@H]1C2.O=c1nc2ccccn2c(=O)n1-c1ccccn1. The minimum atomic E-state index is -0.634. The molecule has 2 fully saturated rings. The maximum atomic E-state index is 12.7. The van der Waals surface area contributed by atoms with E-state index in [1.54, 1.807) is 65.8 Å². The van der Waals surface area contributed by atoms with Crippen molar-refractivity contribution in [3.05, 3.63) is 129 Å². The molecule has 0 aliphatic carbocycles. The van der Waals surface area contributed by atoms with Gasteiger partial charge in [-0.1, -0.05) is 41.4 Å². The van der Waals surface area contributed by atoms with E-state index in [4.69, 9.17) is 23.2 Å². The van der Waals surface area contributed by atoms with Crippen LogP contribution in [0.5, 0.6) is 0 Å². The Kier molecular flexibility index (Phi) is 9.33. The third kappa shape index (κ3) is 6.95. The Bertz CT molecular complexity index is 2410. The number of halogens is 2. The molecule has 4 bridgehead atoms. The fraction of sp³-hybridized carbons (Fsp3) is 0.222. The zero-order chi connectivity index (χ0) is 36.5. The number of nitrogens with zero attached hydrogens (tertiary/aromatic N) is 10. The van der Waals surface area contributed by atoms with Crippen LogP contribution >= 0.6 is 23.2 Å². The summed E-state index contributed by atoms with van der Waals surface area (Å²) in [5.74, 6) is 2.35. The summed E-state index contributed by atoms with van der Waals surface area (Å²) in [6.07, 6.45) is 6.84. The van der Waals surface area contributed by atoms with Gasteiger partial charge in [0, 0.05) is 50.8 Å². The molecule has 2 amide bonds. The lowest BCUT2D eigenvalue weighted by atomic mass is 10.2. The second-order valence-corrected chi connectivity index (χ2v) is 13.4. The summed E-state index contributed by atoms with van der Waals surface area (Å²) in [5, 5.41) is 7.17. The molecule has 0 unspecified atom stereocenters. The first-order valence-corrected chi connectivity index (χ1v) is 17.7. The molecular weight excluding hydrogens is 719 g/mol. The van der Waals surface area contributed by atoms with Gasteiger partial charge in [-0.3, -0.25) is 14.6 Å². The highest BCUT2D eigenvalue weighted by molar-refractivity contribution is 6.30. The van der Waals surface area contributed by atoms with Crippen molar-refractivity contribution in [3.8, 4) is 5.82 Å². The molecule has 2 atom stereocenters. The first kappa shape index (κ1) is 34.0. The monoisotopic (exact) mass is 750 g/mol. The van der Waals surface area contributed by atoms with E-state index in [1.165, 1.54) is 22.7 Å². The minimum Gasteiger partial charge on any atom is -0.366 e. The number of amides is 2. The lowest BCUT2D eigenvalue weighted by Gasteiger charge is -2.35. The molecule has 6 aromatic rings. The molecule has 0 radical (unpaired) electrons. The van der Waals surface area contributed by atoms with Crippen molar-refractivity contribution in [2.45, 2.75) is 24.9 Å². The Hall–Kier alpha value is -6.06. The van der Waals surface area contributed by atoms with Gasteiger partial charge in [0.05, 0.1) is 17.4 Å². The van der Waals surface area contributed by atoms with E-state index in [0.29, 0.717) is 33.6 Å². The van der Waals surface area contributed by atoms with Gasteiger partial charge in [-0.25, -0.2) is 34.3 Å². The Morgan fingerprint density at radius 2 is 1.51 bits per heavy atom.